The molecule has 108 valence electrons. The molecule has 1 N–H and O–H groups in total. The van der Waals surface area contributed by atoms with Crippen molar-refractivity contribution in [2.24, 2.45) is 4.99 Å². The van der Waals surface area contributed by atoms with Gasteiger partial charge in [-0.1, -0.05) is 36.4 Å². The average molecular weight is 283 g/mol. The Morgan fingerprint density at radius 2 is 1.95 bits per heavy atom. The van der Waals surface area contributed by atoms with E-state index >= 15 is 0 Å². The molecule has 3 nitrogen and oxygen atoms in total. The van der Waals surface area contributed by atoms with E-state index < -0.39 is 0 Å². The third-order valence-electron chi connectivity index (χ3n) is 3.58. The molecule has 0 atom stereocenters. The molecule has 0 spiro atoms. The summed E-state index contributed by atoms with van der Waals surface area (Å²) in [5, 5.41) is 3.16. The molecular formula is C17H18FN3. The highest BCUT2D eigenvalue weighted by molar-refractivity contribution is 6.04. The van der Waals surface area contributed by atoms with Gasteiger partial charge in [-0.15, -0.1) is 0 Å². The molecule has 2 aromatic rings. The van der Waals surface area contributed by atoms with Crippen molar-refractivity contribution in [3.63, 3.8) is 0 Å². The summed E-state index contributed by atoms with van der Waals surface area (Å²) >= 11 is 0. The zero-order valence-corrected chi connectivity index (χ0v) is 12.0. The summed E-state index contributed by atoms with van der Waals surface area (Å²) in [6.07, 6.45) is 0. The Labute approximate surface area is 124 Å². The van der Waals surface area contributed by atoms with Crippen LogP contribution >= 0.6 is 0 Å². The molecule has 0 saturated carbocycles. The number of halogens is 1. The van der Waals surface area contributed by atoms with Gasteiger partial charge in [0, 0.05) is 20.1 Å². The lowest BCUT2D eigenvalue weighted by atomic mass is 10.1. The number of aliphatic imine (C=N–C) groups is 1. The van der Waals surface area contributed by atoms with E-state index in [1.54, 1.807) is 6.07 Å². The maximum Gasteiger partial charge on any atom is 0.136 e. The van der Waals surface area contributed by atoms with Crippen LogP contribution in [0.1, 0.15) is 11.1 Å². The summed E-state index contributed by atoms with van der Waals surface area (Å²) in [6.45, 7) is 2.20. The van der Waals surface area contributed by atoms with Gasteiger partial charge in [-0.3, -0.25) is 4.99 Å². The number of hydrogen-bond donors (Lipinski definition) is 1. The van der Waals surface area contributed by atoms with E-state index in [9.17, 15) is 4.39 Å². The summed E-state index contributed by atoms with van der Waals surface area (Å²) in [4.78, 5) is 6.41. The van der Waals surface area contributed by atoms with Crippen LogP contribution in [-0.4, -0.2) is 26.0 Å². The zero-order valence-electron chi connectivity index (χ0n) is 12.0. The normalized spacial score (nSPS) is 13.7. The first-order valence-corrected chi connectivity index (χ1v) is 7.08. The molecule has 0 aliphatic carbocycles. The van der Waals surface area contributed by atoms with Crippen molar-refractivity contribution in [2.75, 3.05) is 25.0 Å². The minimum atomic E-state index is -0.236. The molecule has 0 aromatic heterocycles. The van der Waals surface area contributed by atoms with Gasteiger partial charge in [0.05, 0.1) is 17.8 Å². The highest BCUT2D eigenvalue weighted by Crippen LogP contribution is 2.24. The van der Waals surface area contributed by atoms with Crippen LogP contribution < -0.4 is 10.2 Å². The second kappa shape index (κ2) is 5.95. The SMILES string of the molecule is CN(Cc1ccccc1)c1cccc(F)c1C1=NCCN1. The van der Waals surface area contributed by atoms with E-state index in [1.807, 2.05) is 31.3 Å². The van der Waals surface area contributed by atoms with Gasteiger partial charge < -0.3 is 10.2 Å². The Kier molecular flexibility index (Phi) is 3.86. The van der Waals surface area contributed by atoms with Crippen LogP contribution in [0.15, 0.2) is 53.5 Å². The van der Waals surface area contributed by atoms with Gasteiger partial charge in [0.2, 0.25) is 0 Å². The fourth-order valence-electron chi connectivity index (χ4n) is 2.57. The Bertz CT molecular complexity index is 652. The Hall–Kier alpha value is -2.36. The van der Waals surface area contributed by atoms with Crippen LogP contribution in [0.3, 0.4) is 0 Å². The maximum atomic E-state index is 14.3. The second-order valence-corrected chi connectivity index (χ2v) is 5.13. The average Bonchev–Trinajstić information content (AvgIpc) is 3.02. The van der Waals surface area contributed by atoms with Crippen molar-refractivity contribution in [1.82, 2.24) is 5.32 Å². The maximum absolute atomic E-state index is 14.3. The molecule has 21 heavy (non-hydrogen) atoms. The monoisotopic (exact) mass is 283 g/mol. The van der Waals surface area contributed by atoms with E-state index in [2.05, 4.69) is 27.3 Å². The number of nitrogens with zero attached hydrogens (tertiary/aromatic N) is 2. The lowest BCUT2D eigenvalue weighted by molar-refractivity contribution is 0.623. The summed E-state index contributed by atoms with van der Waals surface area (Å²) in [5.41, 5.74) is 2.61. The largest absolute Gasteiger partial charge is 0.370 e. The molecule has 2 aromatic carbocycles. The van der Waals surface area contributed by atoms with Gasteiger partial charge in [0.15, 0.2) is 0 Å². The zero-order chi connectivity index (χ0) is 14.7. The molecule has 4 heteroatoms. The van der Waals surface area contributed by atoms with E-state index in [4.69, 9.17) is 0 Å². The van der Waals surface area contributed by atoms with Gasteiger partial charge in [0.25, 0.3) is 0 Å². The van der Waals surface area contributed by atoms with Gasteiger partial charge in [-0.05, 0) is 17.7 Å². The lowest BCUT2D eigenvalue weighted by Gasteiger charge is -2.23. The predicted octanol–water partition coefficient (Wildman–Crippen LogP) is 2.81. The Balaban J connectivity index is 1.92. The van der Waals surface area contributed by atoms with Crippen LogP contribution in [0.4, 0.5) is 10.1 Å². The number of hydrogen-bond acceptors (Lipinski definition) is 3. The van der Waals surface area contributed by atoms with Crippen molar-refractivity contribution >= 4 is 11.5 Å². The number of nitrogens with one attached hydrogen (secondary N) is 1. The van der Waals surface area contributed by atoms with Crippen LogP contribution in [0, 0.1) is 5.82 Å². The molecule has 0 bridgehead atoms. The van der Waals surface area contributed by atoms with E-state index in [0.717, 1.165) is 18.8 Å². The first-order valence-electron chi connectivity index (χ1n) is 7.08. The molecule has 1 aliphatic rings. The van der Waals surface area contributed by atoms with Crippen molar-refractivity contribution in [3.8, 4) is 0 Å². The summed E-state index contributed by atoms with van der Waals surface area (Å²) < 4.78 is 14.3. The van der Waals surface area contributed by atoms with Crippen LogP contribution in [-0.2, 0) is 6.54 Å². The third kappa shape index (κ3) is 2.89. The quantitative estimate of drug-likeness (QED) is 0.934. The molecule has 0 fully saturated rings. The van der Waals surface area contributed by atoms with Gasteiger partial charge >= 0.3 is 0 Å². The smallest absolute Gasteiger partial charge is 0.136 e. The van der Waals surface area contributed by atoms with Crippen LogP contribution in [0.25, 0.3) is 0 Å². The number of benzene rings is 2. The molecule has 0 saturated heterocycles. The summed E-state index contributed by atoms with van der Waals surface area (Å²) in [6, 6.07) is 15.3. The number of anilines is 1. The van der Waals surface area contributed by atoms with Gasteiger partial charge in [-0.2, -0.15) is 0 Å². The van der Waals surface area contributed by atoms with Crippen molar-refractivity contribution in [3.05, 3.63) is 65.5 Å². The Morgan fingerprint density at radius 3 is 2.67 bits per heavy atom. The molecule has 0 radical (unpaired) electrons. The fourth-order valence-corrected chi connectivity index (χ4v) is 2.57. The van der Waals surface area contributed by atoms with Gasteiger partial charge in [-0.25, -0.2) is 4.39 Å². The summed E-state index contributed by atoms with van der Waals surface area (Å²) in [5.74, 6) is 0.420. The first-order chi connectivity index (χ1) is 10.3. The van der Waals surface area contributed by atoms with E-state index in [0.29, 0.717) is 17.9 Å². The van der Waals surface area contributed by atoms with Crippen molar-refractivity contribution in [2.45, 2.75) is 6.54 Å². The molecule has 0 amide bonds. The highest BCUT2D eigenvalue weighted by Gasteiger charge is 2.19. The molecule has 1 heterocycles. The van der Waals surface area contributed by atoms with Crippen molar-refractivity contribution < 1.29 is 4.39 Å². The second-order valence-electron chi connectivity index (χ2n) is 5.13. The predicted molar refractivity (Wildman–Crippen MR) is 84.4 cm³/mol. The Morgan fingerprint density at radius 1 is 1.14 bits per heavy atom. The van der Waals surface area contributed by atoms with Gasteiger partial charge in [0.1, 0.15) is 11.7 Å². The molecule has 1 aliphatic heterocycles. The number of rotatable bonds is 4. The summed E-state index contributed by atoms with van der Waals surface area (Å²) in [7, 11) is 1.97. The standard InChI is InChI=1S/C17H18FN3/c1-21(12-13-6-3-2-4-7-13)15-9-5-8-14(18)16(15)17-19-10-11-20-17/h2-9H,10-12H2,1H3,(H,19,20). The molecule has 0 unspecified atom stereocenters. The van der Waals surface area contributed by atoms with Crippen molar-refractivity contribution in [1.29, 1.82) is 0 Å². The number of amidine groups is 1. The fraction of sp³-hybridized carbons (Fsp3) is 0.235. The van der Waals surface area contributed by atoms with E-state index in [1.165, 1.54) is 11.6 Å². The topological polar surface area (TPSA) is 27.6 Å². The third-order valence-corrected chi connectivity index (χ3v) is 3.58. The minimum absolute atomic E-state index is 0.236. The molecule has 3 rings (SSSR count). The lowest BCUT2D eigenvalue weighted by Crippen LogP contribution is -2.25. The molecular weight excluding hydrogens is 265 g/mol. The first kappa shape index (κ1) is 13.6. The van der Waals surface area contributed by atoms with E-state index in [-0.39, 0.29) is 5.82 Å². The van der Waals surface area contributed by atoms with Crippen LogP contribution in [0.2, 0.25) is 0 Å². The van der Waals surface area contributed by atoms with Crippen LogP contribution in [0.5, 0.6) is 0 Å². The minimum Gasteiger partial charge on any atom is -0.370 e. The highest BCUT2D eigenvalue weighted by atomic mass is 19.1.